The van der Waals surface area contributed by atoms with Crippen molar-refractivity contribution >= 4 is 17.6 Å². The summed E-state index contributed by atoms with van der Waals surface area (Å²) in [5.41, 5.74) is 5.28. The number of carbonyl (C=O) groups is 2. The summed E-state index contributed by atoms with van der Waals surface area (Å²) < 4.78 is 0. The third-order valence-electron chi connectivity index (χ3n) is 3.67. The molecule has 1 aromatic rings. The highest BCUT2D eigenvalue weighted by atomic mass is 16.4. The second-order valence-electron chi connectivity index (χ2n) is 4.99. The fraction of sp³-hybridized carbons (Fsp3) is 0.429. The lowest BCUT2D eigenvalue weighted by Gasteiger charge is -2.34. The molecule has 0 heterocycles. The maximum atomic E-state index is 12.2. The number of para-hydroxylation sites is 1. The number of carbonyl (C=O) groups excluding carboxylic acids is 1. The molecule has 0 aliphatic heterocycles. The number of aliphatic carboxylic acids is 1. The Labute approximate surface area is 111 Å². The van der Waals surface area contributed by atoms with Crippen molar-refractivity contribution < 1.29 is 14.7 Å². The molecule has 0 unspecified atom stereocenters. The average molecular weight is 262 g/mol. The molecule has 1 saturated carbocycles. The Morgan fingerprint density at radius 2 is 1.79 bits per heavy atom. The Morgan fingerprint density at radius 3 is 2.37 bits per heavy atom. The molecule has 1 aliphatic carbocycles. The van der Waals surface area contributed by atoms with Crippen LogP contribution < -0.4 is 11.1 Å². The smallest absolute Gasteiger partial charge is 0.329 e. The molecule has 0 radical (unpaired) electrons. The average Bonchev–Trinajstić information content (AvgIpc) is 2.40. The highest BCUT2D eigenvalue weighted by Crippen LogP contribution is 2.29. The van der Waals surface area contributed by atoms with Gasteiger partial charge in [0.1, 0.15) is 5.54 Å². The van der Waals surface area contributed by atoms with E-state index in [0.29, 0.717) is 24.1 Å². The standard InChI is InChI=1S/C14H18N2O3/c15-11-7-3-2-6-10(11)12(17)16-14(13(18)19)8-4-1-5-9-14/h2-3,6-7H,1,4-5,8-9,15H2,(H,16,17)(H,18,19). The Hall–Kier alpha value is -2.04. The molecule has 5 nitrogen and oxygen atoms in total. The highest BCUT2D eigenvalue weighted by Gasteiger charge is 2.41. The van der Waals surface area contributed by atoms with Gasteiger partial charge in [0.2, 0.25) is 0 Å². The van der Waals surface area contributed by atoms with Crippen LogP contribution in [0.1, 0.15) is 42.5 Å². The normalized spacial score (nSPS) is 17.7. The lowest BCUT2D eigenvalue weighted by molar-refractivity contribution is -0.145. The van der Waals surface area contributed by atoms with Gasteiger partial charge in [0, 0.05) is 5.69 Å². The Morgan fingerprint density at radius 1 is 1.16 bits per heavy atom. The monoisotopic (exact) mass is 262 g/mol. The number of rotatable bonds is 3. The van der Waals surface area contributed by atoms with E-state index in [1.54, 1.807) is 24.3 Å². The van der Waals surface area contributed by atoms with Gasteiger partial charge in [-0.1, -0.05) is 31.4 Å². The van der Waals surface area contributed by atoms with Crippen molar-refractivity contribution in [2.75, 3.05) is 5.73 Å². The summed E-state index contributed by atoms with van der Waals surface area (Å²) in [6.45, 7) is 0. The van der Waals surface area contributed by atoms with Gasteiger partial charge in [0.25, 0.3) is 5.91 Å². The highest BCUT2D eigenvalue weighted by molar-refractivity contribution is 6.01. The van der Waals surface area contributed by atoms with E-state index in [1.165, 1.54) is 0 Å². The van der Waals surface area contributed by atoms with Crippen LogP contribution in [-0.4, -0.2) is 22.5 Å². The molecule has 0 saturated heterocycles. The number of anilines is 1. The zero-order valence-electron chi connectivity index (χ0n) is 10.7. The lowest BCUT2D eigenvalue weighted by Crippen LogP contribution is -2.55. The predicted octanol–water partition coefficient (Wildman–Crippen LogP) is 1.79. The first-order chi connectivity index (χ1) is 9.05. The number of nitrogen functional groups attached to an aromatic ring is 1. The van der Waals surface area contributed by atoms with Crippen LogP contribution in [0, 0.1) is 0 Å². The van der Waals surface area contributed by atoms with Crippen molar-refractivity contribution in [2.45, 2.75) is 37.6 Å². The number of hydrogen-bond acceptors (Lipinski definition) is 3. The van der Waals surface area contributed by atoms with Crippen molar-refractivity contribution in [3.63, 3.8) is 0 Å². The maximum absolute atomic E-state index is 12.2. The van der Waals surface area contributed by atoms with Gasteiger partial charge in [-0.25, -0.2) is 4.79 Å². The van der Waals surface area contributed by atoms with Crippen LogP contribution in [0.25, 0.3) is 0 Å². The van der Waals surface area contributed by atoms with E-state index in [9.17, 15) is 14.7 Å². The topological polar surface area (TPSA) is 92.4 Å². The predicted molar refractivity (Wildman–Crippen MR) is 71.8 cm³/mol. The Balaban J connectivity index is 2.20. The first-order valence-electron chi connectivity index (χ1n) is 6.45. The minimum atomic E-state index is -1.14. The Kier molecular flexibility index (Phi) is 3.74. The number of carboxylic acids is 1. The second-order valence-corrected chi connectivity index (χ2v) is 4.99. The van der Waals surface area contributed by atoms with Gasteiger partial charge in [-0.3, -0.25) is 4.79 Å². The number of benzene rings is 1. The first kappa shape index (κ1) is 13.4. The van der Waals surface area contributed by atoms with Crippen LogP contribution in [0.3, 0.4) is 0 Å². The number of nitrogens with two attached hydrogens (primary N) is 1. The van der Waals surface area contributed by atoms with Crippen LogP contribution in [-0.2, 0) is 4.79 Å². The van der Waals surface area contributed by atoms with E-state index in [1.807, 2.05) is 0 Å². The van der Waals surface area contributed by atoms with Gasteiger partial charge in [-0.05, 0) is 25.0 Å². The van der Waals surface area contributed by atoms with Crippen LogP contribution in [0.4, 0.5) is 5.69 Å². The second kappa shape index (κ2) is 5.30. The van der Waals surface area contributed by atoms with Crippen molar-refractivity contribution in [3.05, 3.63) is 29.8 Å². The quantitative estimate of drug-likeness (QED) is 0.724. The summed E-state index contributed by atoms with van der Waals surface area (Å²) in [6.07, 6.45) is 3.59. The van der Waals surface area contributed by atoms with Gasteiger partial charge in [0.05, 0.1) is 5.56 Å². The molecule has 1 amide bonds. The van der Waals surface area contributed by atoms with Crippen LogP contribution >= 0.6 is 0 Å². The molecule has 0 aromatic heterocycles. The van der Waals surface area contributed by atoms with E-state index in [2.05, 4.69) is 5.32 Å². The molecule has 1 fully saturated rings. The summed E-state index contributed by atoms with van der Waals surface area (Å²) in [7, 11) is 0. The summed E-state index contributed by atoms with van der Waals surface area (Å²) in [6, 6.07) is 6.67. The fourth-order valence-electron chi connectivity index (χ4n) is 2.54. The van der Waals surface area contributed by atoms with Crippen LogP contribution in [0.2, 0.25) is 0 Å². The van der Waals surface area contributed by atoms with Crippen molar-refractivity contribution in [1.29, 1.82) is 0 Å². The van der Waals surface area contributed by atoms with Crippen molar-refractivity contribution in [2.24, 2.45) is 0 Å². The van der Waals surface area contributed by atoms with Crippen molar-refractivity contribution in [1.82, 2.24) is 5.32 Å². The molecule has 1 aromatic carbocycles. The summed E-state index contributed by atoms with van der Waals surface area (Å²) in [4.78, 5) is 23.7. The molecular weight excluding hydrogens is 244 g/mol. The number of amides is 1. The Bertz CT molecular complexity index is 493. The van der Waals surface area contributed by atoms with E-state index in [4.69, 9.17) is 5.73 Å². The third-order valence-corrected chi connectivity index (χ3v) is 3.67. The zero-order valence-corrected chi connectivity index (χ0v) is 10.7. The van der Waals surface area contributed by atoms with E-state index in [0.717, 1.165) is 19.3 Å². The molecule has 0 atom stereocenters. The number of nitrogens with one attached hydrogen (secondary N) is 1. The van der Waals surface area contributed by atoms with Gasteiger partial charge in [-0.15, -0.1) is 0 Å². The molecule has 0 spiro atoms. The van der Waals surface area contributed by atoms with Gasteiger partial charge in [0.15, 0.2) is 0 Å². The molecular formula is C14H18N2O3. The summed E-state index contributed by atoms with van der Waals surface area (Å²) in [5, 5.41) is 12.1. The first-order valence-corrected chi connectivity index (χ1v) is 6.45. The fourth-order valence-corrected chi connectivity index (χ4v) is 2.54. The number of carboxylic acid groups (broad SMARTS) is 1. The van der Waals surface area contributed by atoms with Crippen LogP contribution in [0.15, 0.2) is 24.3 Å². The number of hydrogen-bond donors (Lipinski definition) is 3. The molecule has 2 rings (SSSR count). The minimum Gasteiger partial charge on any atom is -0.480 e. The van der Waals surface area contributed by atoms with E-state index < -0.39 is 17.4 Å². The van der Waals surface area contributed by atoms with Gasteiger partial charge < -0.3 is 16.2 Å². The van der Waals surface area contributed by atoms with E-state index in [-0.39, 0.29) is 0 Å². The molecule has 19 heavy (non-hydrogen) atoms. The van der Waals surface area contributed by atoms with Crippen molar-refractivity contribution in [3.8, 4) is 0 Å². The largest absolute Gasteiger partial charge is 0.480 e. The van der Waals surface area contributed by atoms with Gasteiger partial charge >= 0.3 is 5.97 Å². The van der Waals surface area contributed by atoms with Gasteiger partial charge in [-0.2, -0.15) is 0 Å². The lowest BCUT2D eigenvalue weighted by atomic mass is 9.81. The molecule has 102 valence electrons. The molecule has 1 aliphatic rings. The molecule has 5 heteroatoms. The molecule has 0 bridgehead atoms. The third kappa shape index (κ3) is 2.70. The maximum Gasteiger partial charge on any atom is 0.329 e. The van der Waals surface area contributed by atoms with Crippen LogP contribution in [0.5, 0.6) is 0 Å². The minimum absolute atomic E-state index is 0.327. The summed E-state index contributed by atoms with van der Waals surface area (Å²) in [5.74, 6) is -1.38. The summed E-state index contributed by atoms with van der Waals surface area (Å²) >= 11 is 0. The zero-order chi connectivity index (χ0) is 13.9. The van der Waals surface area contributed by atoms with E-state index >= 15 is 0 Å². The molecule has 4 N–H and O–H groups in total. The SMILES string of the molecule is Nc1ccccc1C(=O)NC1(C(=O)O)CCCCC1.